The zero-order valence-corrected chi connectivity index (χ0v) is 14.1. The number of aryl methyl sites for hydroxylation is 3. The number of hydrogen-bond donors (Lipinski definition) is 1. The summed E-state index contributed by atoms with van der Waals surface area (Å²) in [6.07, 6.45) is 6.04. The lowest BCUT2D eigenvalue weighted by molar-refractivity contribution is 0.0873. The van der Waals surface area contributed by atoms with Crippen LogP contribution in [0.1, 0.15) is 43.2 Å². The highest BCUT2D eigenvalue weighted by Crippen LogP contribution is 2.30. The van der Waals surface area contributed by atoms with E-state index in [1.54, 1.807) is 6.20 Å². The summed E-state index contributed by atoms with van der Waals surface area (Å²) in [6.45, 7) is 5.82. The number of piperidine rings is 1. The quantitative estimate of drug-likeness (QED) is 0.935. The summed E-state index contributed by atoms with van der Waals surface area (Å²) in [7, 11) is 1.92. The highest BCUT2D eigenvalue weighted by atomic mass is 16.3. The molecule has 2 aromatic heterocycles. The minimum atomic E-state index is -0.536. The summed E-state index contributed by atoms with van der Waals surface area (Å²) in [5.74, 6) is 2.70. The van der Waals surface area contributed by atoms with Gasteiger partial charge in [-0.1, -0.05) is 6.92 Å². The molecule has 0 aliphatic carbocycles. The van der Waals surface area contributed by atoms with Gasteiger partial charge >= 0.3 is 0 Å². The highest BCUT2D eigenvalue weighted by Gasteiger charge is 2.29. The van der Waals surface area contributed by atoms with Crippen LogP contribution in [0.25, 0.3) is 0 Å². The van der Waals surface area contributed by atoms with Crippen LogP contribution in [-0.4, -0.2) is 37.7 Å². The predicted octanol–water partition coefficient (Wildman–Crippen LogP) is 2.03. The number of nitrogens with zero attached hydrogens (tertiary/aromatic N) is 5. The Kier molecular flexibility index (Phi) is 4.61. The third kappa shape index (κ3) is 3.37. The Hall–Kier alpha value is -1.95. The zero-order chi connectivity index (χ0) is 16.4. The van der Waals surface area contributed by atoms with Gasteiger partial charge in [0.1, 0.15) is 23.6 Å². The van der Waals surface area contributed by atoms with E-state index in [4.69, 9.17) is 0 Å². The van der Waals surface area contributed by atoms with Crippen molar-refractivity contribution in [2.75, 3.05) is 18.0 Å². The van der Waals surface area contributed by atoms with Gasteiger partial charge in [0.25, 0.3) is 0 Å². The van der Waals surface area contributed by atoms with Gasteiger partial charge in [0.2, 0.25) is 0 Å². The summed E-state index contributed by atoms with van der Waals surface area (Å²) in [5.41, 5.74) is 1.07. The molecule has 124 valence electrons. The van der Waals surface area contributed by atoms with E-state index in [0.29, 0.717) is 0 Å². The minimum Gasteiger partial charge on any atom is -0.385 e. The van der Waals surface area contributed by atoms with Gasteiger partial charge in [-0.3, -0.25) is 0 Å². The normalized spacial score (nSPS) is 19.8. The first-order valence-corrected chi connectivity index (χ1v) is 8.33. The van der Waals surface area contributed by atoms with E-state index in [1.165, 1.54) is 0 Å². The summed E-state index contributed by atoms with van der Waals surface area (Å²) in [4.78, 5) is 15.6. The molecule has 2 atom stereocenters. The Morgan fingerprint density at radius 2 is 2.22 bits per heavy atom. The van der Waals surface area contributed by atoms with Gasteiger partial charge < -0.3 is 14.6 Å². The third-order valence-corrected chi connectivity index (χ3v) is 4.59. The lowest BCUT2D eigenvalue weighted by atomic mass is 9.92. The van der Waals surface area contributed by atoms with Gasteiger partial charge in [-0.25, -0.2) is 15.0 Å². The van der Waals surface area contributed by atoms with Crippen molar-refractivity contribution < 1.29 is 5.11 Å². The molecule has 6 nitrogen and oxygen atoms in total. The van der Waals surface area contributed by atoms with Crippen molar-refractivity contribution in [2.24, 2.45) is 13.0 Å². The maximum atomic E-state index is 10.7. The number of anilines is 1. The van der Waals surface area contributed by atoms with Crippen molar-refractivity contribution >= 4 is 5.82 Å². The number of rotatable bonds is 4. The molecule has 1 N–H and O–H groups in total. The van der Waals surface area contributed by atoms with E-state index in [2.05, 4.69) is 32.8 Å². The summed E-state index contributed by atoms with van der Waals surface area (Å²) < 4.78 is 1.90. The monoisotopic (exact) mass is 315 g/mol. The molecule has 3 rings (SSSR count). The Bertz CT molecular complexity index is 669. The first kappa shape index (κ1) is 15.9. The van der Waals surface area contributed by atoms with E-state index < -0.39 is 6.10 Å². The van der Waals surface area contributed by atoms with Gasteiger partial charge in [-0.05, 0) is 26.2 Å². The highest BCUT2D eigenvalue weighted by molar-refractivity contribution is 5.40. The Labute approximate surface area is 137 Å². The number of aromatic nitrogens is 4. The van der Waals surface area contributed by atoms with Crippen molar-refractivity contribution in [3.63, 3.8) is 0 Å². The molecule has 2 unspecified atom stereocenters. The smallest absolute Gasteiger partial charge is 0.137 e. The largest absolute Gasteiger partial charge is 0.385 e. The van der Waals surface area contributed by atoms with Crippen molar-refractivity contribution in [2.45, 2.75) is 39.2 Å². The van der Waals surface area contributed by atoms with Crippen LogP contribution in [0.4, 0.5) is 5.82 Å². The third-order valence-electron chi connectivity index (χ3n) is 4.59. The molecule has 6 heteroatoms. The van der Waals surface area contributed by atoms with Gasteiger partial charge in [0.15, 0.2) is 0 Å². The first-order valence-electron chi connectivity index (χ1n) is 8.33. The topological polar surface area (TPSA) is 67.1 Å². The number of hydrogen-bond acceptors (Lipinski definition) is 5. The molecule has 1 fully saturated rings. The Balaban J connectivity index is 1.78. The summed E-state index contributed by atoms with van der Waals surface area (Å²) in [6, 6.07) is 2.07. The van der Waals surface area contributed by atoms with Gasteiger partial charge in [0, 0.05) is 50.2 Å². The average Bonchev–Trinajstić information content (AvgIpc) is 2.99. The van der Waals surface area contributed by atoms with Gasteiger partial charge in [-0.2, -0.15) is 0 Å². The molecule has 23 heavy (non-hydrogen) atoms. The number of aliphatic hydroxyl groups excluding tert-OH is 1. The number of aliphatic hydroxyl groups is 1. The molecule has 0 radical (unpaired) electrons. The van der Waals surface area contributed by atoms with Crippen LogP contribution in [0.3, 0.4) is 0 Å². The van der Waals surface area contributed by atoms with Crippen LogP contribution >= 0.6 is 0 Å². The fourth-order valence-electron chi connectivity index (χ4n) is 3.30. The molecule has 0 saturated carbocycles. The molecule has 0 bridgehead atoms. The van der Waals surface area contributed by atoms with Crippen LogP contribution in [0.2, 0.25) is 0 Å². The second-order valence-corrected chi connectivity index (χ2v) is 6.31. The van der Waals surface area contributed by atoms with E-state index >= 15 is 0 Å². The van der Waals surface area contributed by atoms with Crippen molar-refractivity contribution in [3.05, 3.63) is 35.8 Å². The van der Waals surface area contributed by atoms with Gasteiger partial charge in [-0.15, -0.1) is 0 Å². The lowest BCUT2D eigenvalue weighted by Gasteiger charge is -2.35. The molecule has 2 aromatic rings. The first-order chi connectivity index (χ1) is 11.1. The SMILES string of the molecule is CCc1cc(N2CCCC(C(O)c3nccn3C)C2)nc(C)n1. The van der Waals surface area contributed by atoms with E-state index in [0.717, 1.165) is 55.5 Å². The Morgan fingerprint density at radius 1 is 1.39 bits per heavy atom. The maximum absolute atomic E-state index is 10.7. The van der Waals surface area contributed by atoms with Crippen molar-refractivity contribution in [3.8, 4) is 0 Å². The van der Waals surface area contributed by atoms with E-state index in [9.17, 15) is 5.11 Å². The predicted molar refractivity (Wildman–Crippen MR) is 89.3 cm³/mol. The second kappa shape index (κ2) is 6.66. The fourth-order valence-corrected chi connectivity index (χ4v) is 3.30. The zero-order valence-electron chi connectivity index (χ0n) is 14.1. The second-order valence-electron chi connectivity index (χ2n) is 6.31. The van der Waals surface area contributed by atoms with Crippen LogP contribution < -0.4 is 4.90 Å². The molecule has 1 aliphatic rings. The van der Waals surface area contributed by atoms with E-state index in [1.807, 2.05) is 24.7 Å². The van der Waals surface area contributed by atoms with Crippen LogP contribution in [0, 0.1) is 12.8 Å². The molecule has 0 amide bonds. The van der Waals surface area contributed by atoms with Crippen LogP contribution in [0.15, 0.2) is 18.5 Å². The molecule has 1 aliphatic heterocycles. The van der Waals surface area contributed by atoms with Crippen molar-refractivity contribution in [1.29, 1.82) is 0 Å². The molecule has 0 aromatic carbocycles. The van der Waals surface area contributed by atoms with E-state index in [-0.39, 0.29) is 5.92 Å². The standard InChI is InChI=1S/C17H25N5O/c1-4-14-10-15(20-12(2)19-14)22-8-5-6-13(11-22)16(23)17-18-7-9-21(17)3/h7,9-10,13,16,23H,4-6,8,11H2,1-3H3. The van der Waals surface area contributed by atoms with Crippen LogP contribution in [0.5, 0.6) is 0 Å². The lowest BCUT2D eigenvalue weighted by Crippen LogP contribution is -2.39. The maximum Gasteiger partial charge on any atom is 0.137 e. The fraction of sp³-hybridized carbons (Fsp3) is 0.588. The van der Waals surface area contributed by atoms with Gasteiger partial charge in [0.05, 0.1) is 0 Å². The molecular formula is C17H25N5O. The van der Waals surface area contributed by atoms with Crippen molar-refractivity contribution in [1.82, 2.24) is 19.5 Å². The Morgan fingerprint density at radius 3 is 2.91 bits per heavy atom. The summed E-state index contributed by atoms with van der Waals surface area (Å²) in [5, 5.41) is 10.7. The van der Waals surface area contributed by atoms with Crippen LogP contribution in [-0.2, 0) is 13.5 Å². The molecule has 0 spiro atoms. The molecule has 1 saturated heterocycles. The summed E-state index contributed by atoms with van der Waals surface area (Å²) >= 11 is 0. The molecular weight excluding hydrogens is 290 g/mol. The average molecular weight is 315 g/mol. The number of imidazole rings is 1. The minimum absolute atomic E-state index is 0.171. The molecule has 3 heterocycles.